The van der Waals surface area contributed by atoms with Crippen LogP contribution in [0.3, 0.4) is 0 Å². The lowest BCUT2D eigenvalue weighted by atomic mass is 10.2. The number of amides is 2. The zero-order valence-electron chi connectivity index (χ0n) is 11.8. The van der Waals surface area contributed by atoms with Gasteiger partial charge in [0.2, 0.25) is 0 Å². The van der Waals surface area contributed by atoms with Gasteiger partial charge in [-0.3, -0.25) is 9.69 Å². The maximum absolute atomic E-state index is 12.2. The van der Waals surface area contributed by atoms with Crippen LogP contribution in [-0.4, -0.2) is 31.2 Å². The summed E-state index contributed by atoms with van der Waals surface area (Å²) in [5, 5.41) is 6.16. The fourth-order valence-corrected chi connectivity index (χ4v) is 3.31. The van der Waals surface area contributed by atoms with Gasteiger partial charge < -0.3 is 10.1 Å². The average molecular weight is 371 g/mol. The van der Waals surface area contributed by atoms with Gasteiger partial charge in [0, 0.05) is 5.02 Å². The van der Waals surface area contributed by atoms with Gasteiger partial charge in [-0.1, -0.05) is 23.2 Å². The summed E-state index contributed by atoms with van der Waals surface area (Å²) in [5.74, 6) is -0.358. The van der Waals surface area contributed by atoms with Crippen LogP contribution in [0.5, 0.6) is 0 Å². The Morgan fingerprint density at radius 1 is 1.39 bits per heavy atom. The van der Waals surface area contributed by atoms with Crippen LogP contribution < -0.4 is 10.2 Å². The summed E-state index contributed by atoms with van der Waals surface area (Å²) in [6.07, 6.45) is -0.820. The molecule has 0 aliphatic carbocycles. The van der Waals surface area contributed by atoms with Gasteiger partial charge >= 0.3 is 6.09 Å². The SMILES string of the molecule is O=C(NCC1CN(c2cccs2)C(=O)O1)c1cc(Cl)ccc1Cl. The maximum atomic E-state index is 12.2. The minimum absolute atomic E-state index is 0.204. The lowest BCUT2D eigenvalue weighted by Gasteiger charge is -2.11. The zero-order chi connectivity index (χ0) is 16.4. The number of carbonyl (C=O) groups excluding carboxylic acids is 2. The Kier molecular flexibility index (Phi) is 4.75. The smallest absolute Gasteiger partial charge is 0.415 e. The molecule has 2 aromatic rings. The number of hydrogen-bond acceptors (Lipinski definition) is 4. The van der Waals surface area contributed by atoms with Crippen LogP contribution in [0.25, 0.3) is 0 Å². The van der Waals surface area contributed by atoms with Crippen LogP contribution in [-0.2, 0) is 4.74 Å². The van der Waals surface area contributed by atoms with E-state index in [1.165, 1.54) is 17.4 Å². The second kappa shape index (κ2) is 6.78. The van der Waals surface area contributed by atoms with E-state index in [1.807, 2.05) is 17.5 Å². The molecule has 0 spiro atoms. The third-order valence-corrected chi connectivity index (χ3v) is 4.77. The van der Waals surface area contributed by atoms with E-state index in [-0.39, 0.29) is 12.5 Å². The third kappa shape index (κ3) is 3.60. The molecular formula is C15H12Cl2N2O3S. The second-order valence-electron chi connectivity index (χ2n) is 4.90. The Morgan fingerprint density at radius 3 is 2.96 bits per heavy atom. The van der Waals surface area contributed by atoms with Crippen LogP contribution >= 0.6 is 34.5 Å². The highest BCUT2D eigenvalue weighted by atomic mass is 35.5. The molecule has 3 rings (SSSR count). The summed E-state index contributed by atoms with van der Waals surface area (Å²) >= 11 is 13.3. The van der Waals surface area contributed by atoms with Crippen LogP contribution in [0.4, 0.5) is 9.80 Å². The normalized spacial score (nSPS) is 17.2. The lowest BCUT2D eigenvalue weighted by molar-refractivity contribution is 0.0916. The fraction of sp³-hybridized carbons (Fsp3) is 0.200. The Bertz CT molecular complexity index is 736. The Balaban J connectivity index is 1.60. The van der Waals surface area contributed by atoms with Crippen LogP contribution in [0, 0.1) is 0 Å². The van der Waals surface area contributed by atoms with Crippen molar-refractivity contribution in [2.24, 2.45) is 0 Å². The molecule has 0 radical (unpaired) electrons. The molecule has 120 valence electrons. The first-order valence-corrected chi connectivity index (χ1v) is 8.43. The van der Waals surface area contributed by atoms with Gasteiger partial charge in [0.05, 0.1) is 23.7 Å². The molecule has 1 aliphatic rings. The summed E-state index contributed by atoms with van der Waals surface area (Å²) < 4.78 is 5.26. The highest BCUT2D eigenvalue weighted by molar-refractivity contribution is 7.14. The number of carbonyl (C=O) groups is 2. The Hall–Kier alpha value is -1.76. The molecule has 1 N–H and O–H groups in total. The van der Waals surface area contributed by atoms with Crippen molar-refractivity contribution < 1.29 is 14.3 Å². The summed E-state index contributed by atoms with van der Waals surface area (Å²) in [7, 11) is 0. The highest BCUT2D eigenvalue weighted by Gasteiger charge is 2.33. The minimum atomic E-state index is -0.411. The topological polar surface area (TPSA) is 58.6 Å². The van der Waals surface area contributed by atoms with Gasteiger partial charge in [0.25, 0.3) is 5.91 Å². The van der Waals surface area contributed by atoms with Gasteiger partial charge in [0.1, 0.15) is 11.1 Å². The average Bonchev–Trinajstić information content (AvgIpc) is 3.16. The van der Waals surface area contributed by atoms with Crippen molar-refractivity contribution >= 4 is 51.5 Å². The van der Waals surface area contributed by atoms with E-state index in [4.69, 9.17) is 27.9 Å². The van der Waals surface area contributed by atoms with Gasteiger partial charge in [0.15, 0.2) is 0 Å². The number of anilines is 1. The largest absolute Gasteiger partial charge is 0.442 e. The van der Waals surface area contributed by atoms with Crippen molar-refractivity contribution in [3.63, 3.8) is 0 Å². The van der Waals surface area contributed by atoms with E-state index in [9.17, 15) is 9.59 Å². The molecule has 1 aliphatic heterocycles. The summed E-state index contributed by atoms with van der Waals surface area (Å²) in [6, 6.07) is 8.38. The number of hydrogen-bond donors (Lipinski definition) is 1. The molecular weight excluding hydrogens is 359 g/mol. The maximum Gasteiger partial charge on any atom is 0.415 e. The van der Waals surface area contributed by atoms with Crippen molar-refractivity contribution in [2.45, 2.75) is 6.10 Å². The molecule has 1 atom stereocenters. The first-order chi connectivity index (χ1) is 11.0. The van der Waals surface area contributed by atoms with E-state index < -0.39 is 12.2 Å². The Morgan fingerprint density at radius 2 is 2.22 bits per heavy atom. The molecule has 2 amide bonds. The van der Waals surface area contributed by atoms with Crippen LogP contribution in [0.15, 0.2) is 35.7 Å². The number of nitrogens with one attached hydrogen (secondary N) is 1. The van der Waals surface area contributed by atoms with E-state index in [0.717, 1.165) is 5.00 Å². The van der Waals surface area contributed by atoms with Crippen molar-refractivity contribution in [1.82, 2.24) is 5.32 Å². The van der Waals surface area contributed by atoms with Crippen LogP contribution in [0.1, 0.15) is 10.4 Å². The number of halogens is 2. The highest BCUT2D eigenvalue weighted by Crippen LogP contribution is 2.26. The molecule has 23 heavy (non-hydrogen) atoms. The first kappa shape index (κ1) is 16.1. The van der Waals surface area contributed by atoms with Crippen molar-refractivity contribution in [2.75, 3.05) is 18.0 Å². The number of thiophene rings is 1. The molecule has 1 aromatic carbocycles. The molecule has 1 unspecified atom stereocenters. The number of cyclic esters (lactones) is 1. The van der Waals surface area contributed by atoms with E-state index in [1.54, 1.807) is 17.0 Å². The molecule has 1 saturated heterocycles. The van der Waals surface area contributed by atoms with E-state index in [0.29, 0.717) is 22.2 Å². The van der Waals surface area contributed by atoms with Crippen molar-refractivity contribution in [1.29, 1.82) is 0 Å². The van der Waals surface area contributed by atoms with Gasteiger partial charge in [-0.2, -0.15) is 0 Å². The zero-order valence-corrected chi connectivity index (χ0v) is 14.1. The van der Waals surface area contributed by atoms with E-state index >= 15 is 0 Å². The number of benzene rings is 1. The number of nitrogens with zero attached hydrogens (tertiary/aromatic N) is 1. The fourth-order valence-electron chi connectivity index (χ4n) is 2.20. The van der Waals surface area contributed by atoms with E-state index in [2.05, 4.69) is 5.32 Å². The summed E-state index contributed by atoms with van der Waals surface area (Å²) in [5.41, 5.74) is 0.290. The molecule has 2 heterocycles. The quantitative estimate of drug-likeness (QED) is 0.889. The third-order valence-electron chi connectivity index (χ3n) is 3.31. The Labute approximate surface area is 146 Å². The number of rotatable bonds is 4. The molecule has 0 bridgehead atoms. The molecule has 1 aromatic heterocycles. The predicted molar refractivity (Wildman–Crippen MR) is 90.7 cm³/mol. The predicted octanol–water partition coefficient (Wildman–Crippen LogP) is 3.81. The van der Waals surface area contributed by atoms with Gasteiger partial charge in [-0.05, 0) is 35.7 Å². The minimum Gasteiger partial charge on any atom is -0.442 e. The first-order valence-electron chi connectivity index (χ1n) is 6.79. The molecule has 0 saturated carbocycles. The molecule has 8 heteroatoms. The molecule has 1 fully saturated rings. The standard InChI is InChI=1S/C15H12Cl2N2O3S/c16-9-3-4-12(17)11(6-9)14(20)18-7-10-8-19(15(21)22-10)13-2-1-5-23-13/h1-6,10H,7-8H2,(H,18,20). The lowest BCUT2D eigenvalue weighted by Crippen LogP contribution is -2.34. The van der Waals surface area contributed by atoms with Crippen LogP contribution in [0.2, 0.25) is 10.0 Å². The van der Waals surface area contributed by atoms with Crippen molar-refractivity contribution in [3.8, 4) is 0 Å². The summed E-state index contributed by atoms with van der Waals surface area (Å²) in [6.45, 7) is 0.595. The van der Waals surface area contributed by atoms with Gasteiger partial charge in [-0.25, -0.2) is 4.79 Å². The second-order valence-corrected chi connectivity index (χ2v) is 6.67. The van der Waals surface area contributed by atoms with Gasteiger partial charge in [-0.15, -0.1) is 11.3 Å². The summed E-state index contributed by atoms with van der Waals surface area (Å²) in [4.78, 5) is 25.6. The molecule has 5 nitrogen and oxygen atoms in total. The monoisotopic (exact) mass is 370 g/mol. The number of ether oxygens (including phenoxy) is 1. The van der Waals surface area contributed by atoms with Crippen molar-refractivity contribution in [3.05, 3.63) is 51.3 Å².